The lowest BCUT2D eigenvalue weighted by atomic mass is 9.97. The Morgan fingerprint density at radius 2 is 1.83 bits per heavy atom. The van der Waals surface area contributed by atoms with Crippen molar-refractivity contribution < 1.29 is 9.53 Å². The number of fused-ring (bicyclic) bond motifs is 1. The van der Waals surface area contributed by atoms with Crippen LogP contribution in [0.4, 0.5) is 0 Å². The second kappa shape index (κ2) is 9.38. The summed E-state index contributed by atoms with van der Waals surface area (Å²) in [6.07, 6.45) is 0. The highest BCUT2D eigenvalue weighted by Gasteiger charge is 2.15. The summed E-state index contributed by atoms with van der Waals surface area (Å²) in [7, 11) is 1.66. The smallest absolute Gasteiger partial charge is 0.227 e. The number of carbonyl (C=O) groups is 1. The predicted molar refractivity (Wildman–Crippen MR) is 97.7 cm³/mol. The van der Waals surface area contributed by atoms with E-state index in [9.17, 15) is 4.79 Å². The summed E-state index contributed by atoms with van der Waals surface area (Å²) in [5.41, 5.74) is 1.03. The van der Waals surface area contributed by atoms with E-state index >= 15 is 0 Å². The van der Waals surface area contributed by atoms with Gasteiger partial charge in [0.2, 0.25) is 5.91 Å². The van der Waals surface area contributed by atoms with Crippen LogP contribution in [0.15, 0.2) is 36.4 Å². The molecule has 0 saturated heterocycles. The molecule has 2 rings (SSSR count). The number of nitrogens with one attached hydrogen (secondary N) is 2. The molecule has 0 aliphatic rings. The van der Waals surface area contributed by atoms with Crippen molar-refractivity contribution >= 4 is 29.1 Å². The van der Waals surface area contributed by atoms with Crippen molar-refractivity contribution in [1.82, 2.24) is 10.6 Å². The van der Waals surface area contributed by atoms with Crippen LogP contribution in [0, 0.1) is 0 Å². The van der Waals surface area contributed by atoms with Crippen molar-refractivity contribution in [2.75, 3.05) is 26.7 Å². The largest absolute Gasteiger partial charge is 0.497 e. The number of hydrogen-bond donors (Lipinski definition) is 2. The van der Waals surface area contributed by atoms with Gasteiger partial charge < -0.3 is 15.4 Å². The van der Waals surface area contributed by atoms with Crippen molar-refractivity contribution in [3.63, 3.8) is 0 Å². The molecule has 5 heteroatoms. The van der Waals surface area contributed by atoms with Gasteiger partial charge in [-0.25, -0.2) is 0 Å². The Balaban J connectivity index is 0.00000264. The number of likely N-dealkylation sites (N-methyl/N-ethyl adjacent to an activating group) is 1. The molecule has 0 spiro atoms. The van der Waals surface area contributed by atoms with Crippen LogP contribution in [-0.4, -0.2) is 32.7 Å². The van der Waals surface area contributed by atoms with Gasteiger partial charge in [-0.15, -0.1) is 12.4 Å². The molecular weight excluding hydrogens is 312 g/mol. The minimum Gasteiger partial charge on any atom is -0.497 e. The Morgan fingerprint density at radius 1 is 1.13 bits per heavy atom. The van der Waals surface area contributed by atoms with Crippen LogP contribution in [-0.2, 0) is 4.79 Å². The number of amides is 1. The van der Waals surface area contributed by atoms with Crippen molar-refractivity contribution in [2.45, 2.75) is 19.8 Å². The molecule has 2 aromatic rings. The van der Waals surface area contributed by atoms with Gasteiger partial charge in [0.15, 0.2) is 0 Å². The lowest BCUT2D eigenvalue weighted by Crippen LogP contribution is -2.34. The van der Waals surface area contributed by atoms with Gasteiger partial charge >= 0.3 is 0 Å². The average Bonchev–Trinajstić information content (AvgIpc) is 2.56. The molecule has 0 aliphatic heterocycles. The highest BCUT2D eigenvalue weighted by Crippen LogP contribution is 2.25. The third-order valence-electron chi connectivity index (χ3n) is 3.82. The van der Waals surface area contributed by atoms with Crippen LogP contribution in [0.25, 0.3) is 10.8 Å². The van der Waals surface area contributed by atoms with Crippen LogP contribution < -0.4 is 15.4 Å². The monoisotopic (exact) mass is 336 g/mol. The molecule has 0 bridgehead atoms. The molecule has 0 radical (unpaired) electrons. The van der Waals surface area contributed by atoms with E-state index in [1.165, 1.54) is 0 Å². The van der Waals surface area contributed by atoms with Crippen LogP contribution in [0.5, 0.6) is 5.75 Å². The number of ether oxygens (including phenoxy) is 1. The molecule has 126 valence electrons. The van der Waals surface area contributed by atoms with Crippen LogP contribution in [0.1, 0.15) is 25.3 Å². The second-order valence-electron chi connectivity index (χ2n) is 5.34. The van der Waals surface area contributed by atoms with Gasteiger partial charge in [-0.3, -0.25) is 4.79 Å². The molecule has 23 heavy (non-hydrogen) atoms. The third kappa shape index (κ3) is 5.12. The van der Waals surface area contributed by atoms with E-state index < -0.39 is 0 Å². The maximum Gasteiger partial charge on any atom is 0.227 e. The Morgan fingerprint density at radius 3 is 2.52 bits per heavy atom. The van der Waals surface area contributed by atoms with Gasteiger partial charge in [-0.2, -0.15) is 0 Å². The van der Waals surface area contributed by atoms with Gasteiger partial charge in [-0.1, -0.05) is 31.2 Å². The first-order valence-electron chi connectivity index (χ1n) is 7.72. The molecule has 2 aromatic carbocycles. The number of halogens is 1. The molecular formula is C18H25ClN2O2. The van der Waals surface area contributed by atoms with Gasteiger partial charge in [0.25, 0.3) is 0 Å². The number of methoxy groups -OCH3 is 1. The fraction of sp³-hybridized carbons (Fsp3) is 0.389. The number of rotatable bonds is 7. The SMILES string of the molecule is CCNCCNC(=O)C(C)c1ccc2cc(OC)ccc2c1.Cl. The normalized spacial score (nSPS) is 11.6. The number of benzene rings is 2. The quantitative estimate of drug-likeness (QED) is 0.764. The maximum absolute atomic E-state index is 12.2. The predicted octanol–water partition coefficient (Wildman–Crippen LogP) is 3.10. The first-order valence-corrected chi connectivity index (χ1v) is 7.72. The first-order chi connectivity index (χ1) is 10.7. The molecule has 1 amide bonds. The van der Waals surface area contributed by atoms with Crippen LogP contribution in [0.2, 0.25) is 0 Å². The molecule has 2 N–H and O–H groups in total. The zero-order valence-corrected chi connectivity index (χ0v) is 14.7. The fourth-order valence-electron chi connectivity index (χ4n) is 2.39. The first kappa shape index (κ1) is 19.3. The molecule has 1 unspecified atom stereocenters. The summed E-state index contributed by atoms with van der Waals surface area (Å²) in [6.45, 7) is 6.36. The van der Waals surface area contributed by atoms with E-state index in [1.54, 1.807) is 7.11 Å². The summed E-state index contributed by atoms with van der Waals surface area (Å²) < 4.78 is 5.23. The highest BCUT2D eigenvalue weighted by atomic mass is 35.5. The zero-order valence-electron chi connectivity index (χ0n) is 13.9. The van der Waals surface area contributed by atoms with E-state index in [0.717, 1.165) is 35.2 Å². The maximum atomic E-state index is 12.2. The summed E-state index contributed by atoms with van der Waals surface area (Å²) in [4.78, 5) is 12.2. The molecule has 1 atom stereocenters. The van der Waals surface area contributed by atoms with Gasteiger partial charge in [-0.05, 0) is 41.9 Å². The number of hydrogen-bond acceptors (Lipinski definition) is 3. The third-order valence-corrected chi connectivity index (χ3v) is 3.82. The molecule has 0 saturated carbocycles. The van der Waals surface area contributed by atoms with Crippen molar-refractivity contribution in [2.24, 2.45) is 0 Å². The lowest BCUT2D eigenvalue weighted by molar-refractivity contribution is -0.122. The summed E-state index contributed by atoms with van der Waals surface area (Å²) >= 11 is 0. The average molecular weight is 337 g/mol. The van der Waals surface area contributed by atoms with E-state index in [2.05, 4.69) is 23.6 Å². The Kier molecular flexibility index (Phi) is 7.86. The fourth-order valence-corrected chi connectivity index (χ4v) is 2.39. The van der Waals surface area contributed by atoms with Gasteiger partial charge in [0, 0.05) is 13.1 Å². The Hall–Kier alpha value is -1.78. The van der Waals surface area contributed by atoms with Gasteiger partial charge in [0.1, 0.15) is 5.75 Å². The van der Waals surface area contributed by atoms with E-state index in [1.807, 2.05) is 37.3 Å². The molecule has 0 aromatic heterocycles. The highest BCUT2D eigenvalue weighted by molar-refractivity contribution is 5.88. The Labute approximate surface area is 144 Å². The van der Waals surface area contributed by atoms with E-state index in [4.69, 9.17) is 4.74 Å². The zero-order chi connectivity index (χ0) is 15.9. The molecule has 4 nitrogen and oxygen atoms in total. The van der Waals surface area contributed by atoms with Crippen molar-refractivity contribution in [3.8, 4) is 5.75 Å². The topological polar surface area (TPSA) is 50.4 Å². The summed E-state index contributed by atoms with van der Waals surface area (Å²) in [5, 5.41) is 8.38. The second-order valence-corrected chi connectivity index (χ2v) is 5.34. The minimum atomic E-state index is -0.159. The Bertz CT molecular complexity index is 646. The van der Waals surface area contributed by atoms with E-state index in [0.29, 0.717) is 6.54 Å². The summed E-state index contributed by atoms with van der Waals surface area (Å²) in [6, 6.07) is 12.1. The van der Waals surface area contributed by atoms with E-state index in [-0.39, 0.29) is 24.2 Å². The van der Waals surface area contributed by atoms with Crippen molar-refractivity contribution in [3.05, 3.63) is 42.0 Å². The van der Waals surface area contributed by atoms with Crippen molar-refractivity contribution in [1.29, 1.82) is 0 Å². The molecule has 0 fully saturated rings. The molecule has 0 heterocycles. The van der Waals surface area contributed by atoms with Crippen LogP contribution >= 0.6 is 12.4 Å². The molecule has 0 aliphatic carbocycles. The number of carbonyl (C=O) groups excluding carboxylic acids is 1. The standard InChI is InChI=1S/C18H24N2O2.ClH/c1-4-19-9-10-20-18(21)13(2)14-5-6-16-12-17(22-3)8-7-15(16)11-14;/h5-8,11-13,19H,4,9-10H2,1-3H3,(H,20,21);1H. The summed E-state index contributed by atoms with van der Waals surface area (Å²) in [5.74, 6) is 0.744. The lowest BCUT2D eigenvalue weighted by Gasteiger charge is -2.14. The van der Waals surface area contributed by atoms with Crippen LogP contribution in [0.3, 0.4) is 0 Å². The minimum absolute atomic E-state index is 0. The van der Waals surface area contributed by atoms with Gasteiger partial charge in [0.05, 0.1) is 13.0 Å².